The summed E-state index contributed by atoms with van der Waals surface area (Å²) in [6, 6.07) is 5.53. The van der Waals surface area contributed by atoms with Crippen LogP contribution in [-0.2, 0) is 13.0 Å². The van der Waals surface area contributed by atoms with E-state index in [1.54, 1.807) is 32.4 Å². The number of aromatic nitrogens is 2. The second-order valence-electron chi connectivity index (χ2n) is 6.89. The van der Waals surface area contributed by atoms with Crippen LogP contribution in [-0.4, -0.2) is 48.1 Å². The molecule has 0 saturated carbocycles. The van der Waals surface area contributed by atoms with Gasteiger partial charge in [0.15, 0.2) is 0 Å². The van der Waals surface area contributed by atoms with E-state index in [1.165, 1.54) is 0 Å². The Labute approximate surface area is 158 Å². The molecule has 2 aliphatic heterocycles. The number of ether oxygens (including phenoxy) is 2. The highest BCUT2D eigenvalue weighted by molar-refractivity contribution is 5.97. The second kappa shape index (κ2) is 7.52. The van der Waals surface area contributed by atoms with Crippen LogP contribution in [0.15, 0.2) is 24.4 Å². The summed E-state index contributed by atoms with van der Waals surface area (Å²) in [7, 11) is 3.15. The molecule has 1 aromatic heterocycles. The van der Waals surface area contributed by atoms with Gasteiger partial charge in [-0.15, -0.1) is 0 Å². The highest BCUT2D eigenvalue weighted by Crippen LogP contribution is 2.28. The molecule has 1 fully saturated rings. The fourth-order valence-electron chi connectivity index (χ4n) is 3.73. The zero-order valence-electron chi connectivity index (χ0n) is 15.7. The fraction of sp³-hybridized carbons (Fsp3) is 0.450. The van der Waals surface area contributed by atoms with E-state index in [1.807, 2.05) is 11.1 Å². The van der Waals surface area contributed by atoms with Crippen LogP contribution in [0.25, 0.3) is 0 Å². The Kier molecular flexibility index (Phi) is 4.94. The lowest BCUT2D eigenvalue weighted by Crippen LogP contribution is -2.37. The maximum absolute atomic E-state index is 13.1. The summed E-state index contributed by atoms with van der Waals surface area (Å²) in [5, 5.41) is 3.44. The van der Waals surface area contributed by atoms with Crippen molar-refractivity contribution in [2.75, 3.05) is 27.3 Å². The molecule has 2 aromatic rings. The number of methoxy groups -OCH3 is 2. The van der Waals surface area contributed by atoms with Gasteiger partial charge in [0.2, 0.25) is 0 Å². The van der Waals surface area contributed by atoms with Gasteiger partial charge in [-0.3, -0.25) is 4.79 Å². The molecule has 2 aliphatic rings. The SMILES string of the molecule is COc1ccc(OC)c(C(=O)N2CCc3nc(C4CCCN4)ncc3C2)c1. The molecule has 1 atom stereocenters. The summed E-state index contributed by atoms with van der Waals surface area (Å²) < 4.78 is 10.6. The van der Waals surface area contributed by atoms with Crippen LogP contribution in [0.4, 0.5) is 0 Å². The predicted molar refractivity (Wildman–Crippen MR) is 100 cm³/mol. The Hall–Kier alpha value is -2.67. The van der Waals surface area contributed by atoms with Crippen molar-refractivity contribution < 1.29 is 14.3 Å². The van der Waals surface area contributed by atoms with Gasteiger partial charge in [-0.1, -0.05) is 0 Å². The number of hydrogen-bond donors (Lipinski definition) is 1. The lowest BCUT2D eigenvalue weighted by atomic mass is 10.0. The smallest absolute Gasteiger partial charge is 0.258 e. The quantitative estimate of drug-likeness (QED) is 0.891. The Morgan fingerprint density at radius 1 is 1.30 bits per heavy atom. The van der Waals surface area contributed by atoms with Gasteiger partial charge < -0.3 is 19.7 Å². The molecule has 1 unspecified atom stereocenters. The van der Waals surface area contributed by atoms with E-state index < -0.39 is 0 Å². The van der Waals surface area contributed by atoms with Crippen molar-refractivity contribution in [3.63, 3.8) is 0 Å². The minimum atomic E-state index is -0.0714. The van der Waals surface area contributed by atoms with Crippen LogP contribution in [0.1, 0.15) is 46.3 Å². The lowest BCUT2D eigenvalue weighted by molar-refractivity contribution is 0.0729. The van der Waals surface area contributed by atoms with E-state index in [2.05, 4.69) is 10.3 Å². The van der Waals surface area contributed by atoms with Gasteiger partial charge in [-0.05, 0) is 37.6 Å². The third-order valence-electron chi connectivity index (χ3n) is 5.25. The van der Waals surface area contributed by atoms with E-state index in [-0.39, 0.29) is 11.9 Å². The average Bonchev–Trinajstić information content (AvgIpc) is 3.27. The van der Waals surface area contributed by atoms with Gasteiger partial charge in [0.25, 0.3) is 5.91 Å². The number of nitrogens with zero attached hydrogens (tertiary/aromatic N) is 3. The minimum Gasteiger partial charge on any atom is -0.497 e. The van der Waals surface area contributed by atoms with Crippen LogP contribution < -0.4 is 14.8 Å². The molecule has 3 heterocycles. The van der Waals surface area contributed by atoms with Crippen molar-refractivity contribution in [2.45, 2.75) is 31.8 Å². The molecule has 1 aromatic carbocycles. The number of nitrogens with one attached hydrogen (secondary N) is 1. The standard InChI is InChI=1S/C20H24N4O3/c1-26-14-5-6-18(27-2)15(10-14)20(25)24-9-7-16-13(12-24)11-22-19(23-16)17-4-3-8-21-17/h5-6,10-11,17,21H,3-4,7-9,12H2,1-2H3. The molecule has 0 bridgehead atoms. The molecule has 27 heavy (non-hydrogen) atoms. The Balaban J connectivity index is 1.55. The van der Waals surface area contributed by atoms with Gasteiger partial charge in [0.05, 0.1) is 31.5 Å². The number of amides is 1. The van der Waals surface area contributed by atoms with Gasteiger partial charge >= 0.3 is 0 Å². The summed E-state index contributed by atoms with van der Waals surface area (Å²) in [6.45, 7) is 2.16. The number of carbonyl (C=O) groups is 1. The first kappa shape index (κ1) is 17.7. The average molecular weight is 368 g/mol. The van der Waals surface area contributed by atoms with Gasteiger partial charge in [-0.25, -0.2) is 9.97 Å². The number of rotatable bonds is 4. The van der Waals surface area contributed by atoms with Crippen LogP contribution in [0.2, 0.25) is 0 Å². The lowest BCUT2D eigenvalue weighted by Gasteiger charge is -2.29. The number of fused-ring (bicyclic) bond motifs is 1. The van der Waals surface area contributed by atoms with E-state index >= 15 is 0 Å². The first-order chi connectivity index (χ1) is 13.2. The number of carbonyl (C=O) groups excluding carboxylic acids is 1. The monoisotopic (exact) mass is 368 g/mol. The van der Waals surface area contributed by atoms with E-state index in [4.69, 9.17) is 14.5 Å². The molecule has 7 nitrogen and oxygen atoms in total. The predicted octanol–water partition coefficient (Wildman–Crippen LogP) is 2.12. The highest BCUT2D eigenvalue weighted by Gasteiger charge is 2.27. The Bertz CT molecular complexity index is 849. The third-order valence-corrected chi connectivity index (χ3v) is 5.25. The van der Waals surface area contributed by atoms with Crippen molar-refractivity contribution in [3.8, 4) is 11.5 Å². The van der Waals surface area contributed by atoms with Crippen molar-refractivity contribution in [1.29, 1.82) is 0 Å². The Morgan fingerprint density at radius 2 is 2.19 bits per heavy atom. The first-order valence-electron chi connectivity index (χ1n) is 9.29. The normalized spacial score (nSPS) is 18.9. The van der Waals surface area contributed by atoms with Crippen LogP contribution >= 0.6 is 0 Å². The van der Waals surface area contributed by atoms with Crippen molar-refractivity contribution in [1.82, 2.24) is 20.2 Å². The van der Waals surface area contributed by atoms with Crippen molar-refractivity contribution in [3.05, 3.63) is 47.0 Å². The topological polar surface area (TPSA) is 76.6 Å². The first-order valence-corrected chi connectivity index (χ1v) is 9.29. The van der Waals surface area contributed by atoms with Crippen LogP contribution in [0.5, 0.6) is 11.5 Å². The molecular formula is C20H24N4O3. The maximum Gasteiger partial charge on any atom is 0.258 e. The summed E-state index contributed by atoms with van der Waals surface area (Å²) >= 11 is 0. The molecule has 142 valence electrons. The molecule has 0 aliphatic carbocycles. The van der Waals surface area contributed by atoms with Crippen LogP contribution in [0, 0.1) is 0 Å². The second-order valence-corrected chi connectivity index (χ2v) is 6.89. The number of hydrogen-bond acceptors (Lipinski definition) is 6. The molecular weight excluding hydrogens is 344 g/mol. The molecule has 1 saturated heterocycles. The van der Waals surface area contributed by atoms with Crippen molar-refractivity contribution >= 4 is 5.91 Å². The molecule has 0 radical (unpaired) electrons. The molecule has 1 amide bonds. The highest BCUT2D eigenvalue weighted by atomic mass is 16.5. The van der Waals surface area contributed by atoms with Crippen molar-refractivity contribution in [2.24, 2.45) is 0 Å². The zero-order valence-corrected chi connectivity index (χ0v) is 15.7. The molecule has 0 spiro atoms. The maximum atomic E-state index is 13.1. The van der Waals surface area contributed by atoms with E-state index in [0.717, 1.165) is 42.9 Å². The van der Waals surface area contributed by atoms with Gasteiger partial charge in [0, 0.05) is 31.3 Å². The van der Waals surface area contributed by atoms with Gasteiger partial charge in [0.1, 0.15) is 17.3 Å². The molecule has 4 rings (SSSR count). The molecule has 7 heteroatoms. The third kappa shape index (κ3) is 3.47. The summed E-state index contributed by atoms with van der Waals surface area (Å²) in [5.74, 6) is 1.98. The fourth-order valence-corrected chi connectivity index (χ4v) is 3.73. The summed E-state index contributed by atoms with van der Waals surface area (Å²) in [5.41, 5.74) is 2.57. The van der Waals surface area contributed by atoms with Gasteiger partial charge in [-0.2, -0.15) is 0 Å². The van der Waals surface area contributed by atoms with E-state index in [9.17, 15) is 4.79 Å². The number of benzene rings is 1. The molecule has 1 N–H and O–H groups in total. The summed E-state index contributed by atoms with van der Waals surface area (Å²) in [6.07, 6.45) is 4.85. The zero-order chi connectivity index (χ0) is 18.8. The Morgan fingerprint density at radius 3 is 2.93 bits per heavy atom. The van der Waals surface area contributed by atoms with E-state index in [0.29, 0.717) is 30.2 Å². The minimum absolute atomic E-state index is 0.0714. The largest absolute Gasteiger partial charge is 0.497 e. The van der Waals surface area contributed by atoms with Crippen LogP contribution in [0.3, 0.4) is 0 Å². The summed E-state index contributed by atoms with van der Waals surface area (Å²) in [4.78, 5) is 24.2.